The van der Waals surface area contributed by atoms with Crippen LogP contribution in [-0.2, 0) is 9.59 Å². The van der Waals surface area contributed by atoms with Crippen molar-refractivity contribution in [1.29, 1.82) is 0 Å². The monoisotopic (exact) mass is 228 g/mol. The molecule has 0 aromatic heterocycles. The highest BCUT2D eigenvalue weighted by atomic mass is 16.4. The van der Waals surface area contributed by atoms with Gasteiger partial charge in [0.05, 0.1) is 0 Å². The first-order valence-corrected chi connectivity index (χ1v) is 5.74. The van der Waals surface area contributed by atoms with Crippen LogP contribution in [0, 0.1) is 0 Å². The average Bonchev–Trinajstić information content (AvgIpc) is 2.64. The molecular formula is C11H20N2O3. The van der Waals surface area contributed by atoms with Gasteiger partial charge in [0.25, 0.3) is 0 Å². The minimum Gasteiger partial charge on any atom is -0.481 e. The Morgan fingerprint density at radius 3 is 2.75 bits per heavy atom. The number of nitrogens with zero attached hydrogens (tertiary/aromatic N) is 2. The number of rotatable bonds is 5. The zero-order valence-electron chi connectivity index (χ0n) is 9.98. The predicted octanol–water partition coefficient (Wildman–Crippen LogP) is 0.404. The van der Waals surface area contributed by atoms with Crippen LogP contribution in [-0.4, -0.2) is 59.5 Å². The Kier molecular flexibility index (Phi) is 4.73. The van der Waals surface area contributed by atoms with E-state index in [1.807, 2.05) is 0 Å². The van der Waals surface area contributed by atoms with E-state index in [0.29, 0.717) is 12.6 Å². The number of hydrogen-bond acceptors (Lipinski definition) is 3. The van der Waals surface area contributed by atoms with Gasteiger partial charge in [-0.05, 0) is 25.9 Å². The topological polar surface area (TPSA) is 60.9 Å². The number of aliphatic carboxylic acids is 1. The van der Waals surface area contributed by atoms with E-state index >= 15 is 0 Å². The molecule has 0 bridgehead atoms. The van der Waals surface area contributed by atoms with E-state index in [2.05, 4.69) is 11.8 Å². The lowest BCUT2D eigenvalue weighted by atomic mass is 10.2. The van der Waals surface area contributed by atoms with Crippen molar-refractivity contribution in [3.63, 3.8) is 0 Å². The molecule has 5 nitrogen and oxygen atoms in total. The predicted molar refractivity (Wildman–Crippen MR) is 60.2 cm³/mol. The zero-order valence-corrected chi connectivity index (χ0v) is 9.98. The van der Waals surface area contributed by atoms with Gasteiger partial charge in [0, 0.05) is 19.6 Å². The number of carboxylic acid groups (broad SMARTS) is 1. The summed E-state index contributed by atoms with van der Waals surface area (Å²) in [5, 5.41) is 8.53. The Morgan fingerprint density at radius 1 is 1.50 bits per heavy atom. The highest BCUT2D eigenvalue weighted by Gasteiger charge is 2.25. The zero-order chi connectivity index (χ0) is 12.1. The molecule has 5 heteroatoms. The molecule has 16 heavy (non-hydrogen) atoms. The van der Waals surface area contributed by atoms with Gasteiger partial charge in [-0.15, -0.1) is 0 Å². The fourth-order valence-electron chi connectivity index (χ4n) is 2.20. The van der Waals surface area contributed by atoms with Crippen LogP contribution in [0.2, 0.25) is 0 Å². The van der Waals surface area contributed by atoms with Crippen molar-refractivity contribution in [2.45, 2.75) is 32.2 Å². The first-order valence-electron chi connectivity index (χ1n) is 5.74. The van der Waals surface area contributed by atoms with Gasteiger partial charge in [0.1, 0.15) is 6.42 Å². The highest BCUT2D eigenvalue weighted by Crippen LogP contribution is 2.17. The molecule has 1 aliphatic heterocycles. The van der Waals surface area contributed by atoms with Crippen LogP contribution in [0.3, 0.4) is 0 Å². The quantitative estimate of drug-likeness (QED) is 0.692. The van der Waals surface area contributed by atoms with E-state index in [1.165, 1.54) is 11.3 Å². The first-order chi connectivity index (χ1) is 7.54. The maximum atomic E-state index is 11.5. The highest BCUT2D eigenvalue weighted by molar-refractivity contribution is 5.93. The van der Waals surface area contributed by atoms with Crippen LogP contribution >= 0.6 is 0 Å². The fraction of sp³-hybridized carbons (Fsp3) is 0.818. The van der Waals surface area contributed by atoms with Crippen LogP contribution in [0.4, 0.5) is 0 Å². The summed E-state index contributed by atoms with van der Waals surface area (Å²) in [6.07, 6.45) is 1.85. The van der Waals surface area contributed by atoms with Crippen LogP contribution in [0.1, 0.15) is 26.2 Å². The van der Waals surface area contributed by atoms with Crippen LogP contribution < -0.4 is 0 Å². The van der Waals surface area contributed by atoms with E-state index in [4.69, 9.17) is 5.11 Å². The van der Waals surface area contributed by atoms with Crippen molar-refractivity contribution in [3.05, 3.63) is 0 Å². The van der Waals surface area contributed by atoms with Crippen molar-refractivity contribution < 1.29 is 14.7 Å². The third-order valence-corrected chi connectivity index (χ3v) is 3.12. The van der Waals surface area contributed by atoms with Gasteiger partial charge >= 0.3 is 5.97 Å². The van der Waals surface area contributed by atoms with E-state index in [0.717, 1.165) is 19.5 Å². The lowest BCUT2D eigenvalue weighted by Gasteiger charge is -2.27. The summed E-state index contributed by atoms with van der Waals surface area (Å²) in [7, 11) is 1.68. The SMILES string of the molecule is CCN1CCCC1CN(C)C(=O)CC(=O)O. The Balaban J connectivity index is 2.41. The van der Waals surface area contributed by atoms with Crippen molar-refractivity contribution >= 4 is 11.9 Å². The summed E-state index contributed by atoms with van der Waals surface area (Å²) in [4.78, 5) is 25.7. The normalized spacial score (nSPS) is 21.0. The van der Waals surface area contributed by atoms with E-state index in [9.17, 15) is 9.59 Å². The Hall–Kier alpha value is -1.10. The molecule has 0 aliphatic carbocycles. The first kappa shape index (κ1) is 13.0. The summed E-state index contributed by atoms with van der Waals surface area (Å²) in [6, 6.07) is 0.396. The second kappa shape index (κ2) is 5.84. The number of carbonyl (C=O) groups excluding carboxylic acids is 1. The van der Waals surface area contributed by atoms with E-state index in [-0.39, 0.29) is 5.91 Å². The Morgan fingerprint density at radius 2 is 2.19 bits per heavy atom. The summed E-state index contributed by atoms with van der Waals surface area (Å²) in [5.74, 6) is -1.37. The number of likely N-dealkylation sites (N-methyl/N-ethyl adjacent to an activating group) is 2. The van der Waals surface area contributed by atoms with Crippen LogP contribution in [0.15, 0.2) is 0 Å². The molecule has 0 aromatic carbocycles. The largest absolute Gasteiger partial charge is 0.481 e. The van der Waals surface area contributed by atoms with Gasteiger partial charge in [-0.3, -0.25) is 14.5 Å². The summed E-state index contributed by atoms with van der Waals surface area (Å²) in [6.45, 7) is 4.82. The maximum absolute atomic E-state index is 11.5. The lowest BCUT2D eigenvalue weighted by Crippen LogP contribution is -2.41. The Labute approximate surface area is 96.0 Å². The van der Waals surface area contributed by atoms with Crippen LogP contribution in [0.5, 0.6) is 0 Å². The van der Waals surface area contributed by atoms with Gasteiger partial charge in [0.15, 0.2) is 0 Å². The van der Waals surface area contributed by atoms with Gasteiger partial charge in [-0.2, -0.15) is 0 Å². The van der Waals surface area contributed by atoms with Gasteiger partial charge in [0.2, 0.25) is 5.91 Å². The third kappa shape index (κ3) is 3.48. The molecule has 0 aromatic rings. The van der Waals surface area contributed by atoms with E-state index in [1.54, 1.807) is 7.05 Å². The number of amides is 1. The molecule has 1 unspecified atom stereocenters. The third-order valence-electron chi connectivity index (χ3n) is 3.12. The standard InChI is InChI=1S/C11H20N2O3/c1-3-13-6-4-5-9(13)8-12(2)10(14)7-11(15)16/h9H,3-8H2,1-2H3,(H,15,16). The Bertz CT molecular complexity index is 268. The molecule has 1 rings (SSSR count). The smallest absolute Gasteiger partial charge is 0.312 e. The molecule has 0 saturated carbocycles. The molecule has 1 N–H and O–H groups in total. The number of carboxylic acids is 1. The lowest BCUT2D eigenvalue weighted by molar-refractivity contribution is -0.143. The minimum atomic E-state index is -1.06. The molecule has 0 spiro atoms. The molecule has 1 atom stereocenters. The van der Waals surface area contributed by atoms with Crippen molar-refractivity contribution in [2.75, 3.05) is 26.7 Å². The molecule has 0 radical (unpaired) electrons. The van der Waals surface area contributed by atoms with Crippen LogP contribution in [0.25, 0.3) is 0 Å². The van der Waals surface area contributed by atoms with Crippen molar-refractivity contribution in [1.82, 2.24) is 9.80 Å². The average molecular weight is 228 g/mol. The van der Waals surface area contributed by atoms with Gasteiger partial charge < -0.3 is 10.0 Å². The molecular weight excluding hydrogens is 208 g/mol. The van der Waals surface area contributed by atoms with E-state index < -0.39 is 12.4 Å². The second-order valence-electron chi connectivity index (χ2n) is 4.27. The molecule has 1 saturated heterocycles. The number of hydrogen-bond donors (Lipinski definition) is 1. The summed E-state index contributed by atoms with van der Waals surface area (Å²) >= 11 is 0. The van der Waals surface area contributed by atoms with Gasteiger partial charge in [-0.1, -0.05) is 6.92 Å². The summed E-state index contributed by atoms with van der Waals surface area (Å²) in [5.41, 5.74) is 0. The molecule has 92 valence electrons. The summed E-state index contributed by atoms with van der Waals surface area (Å²) < 4.78 is 0. The maximum Gasteiger partial charge on any atom is 0.312 e. The second-order valence-corrected chi connectivity index (χ2v) is 4.27. The minimum absolute atomic E-state index is 0.310. The molecule has 1 amide bonds. The van der Waals surface area contributed by atoms with Crippen molar-refractivity contribution in [3.8, 4) is 0 Å². The number of carbonyl (C=O) groups is 2. The fourth-order valence-corrected chi connectivity index (χ4v) is 2.20. The van der Waals surface area contributed by atoms with Gasteiger partial charge in [-0.25, -0.2) is 0 Å². The van der Waals surface area contributed by atoms with Crippen molar-refractivity contribution in [2.24, 2.45) is 0 Å². The molecule has 1 fully saturated rings. The molecule has 1 aliphatic rings. The number of likely N-dealkylation sites (tertiary alicyclic amines) is 1. The molecule has 1 heterocycles.